The third-order valence-electron chi connectivity index (χ3n) is 3.79. The van der Waals surface area contributed by atoms with E-state index in [-0.39, 0.29) is 23.0 Å². The summed E-state index contributed by atoms with van der Waals surface area (Å²) in [6, 6.07) is 10.5. The summed E-state index contributed by atoms with van der Waals surface area (Å²) < 4.78 is 23.4. The number of Topliss-reactive ketones (excluding diaryl/α,β-unsaturated/α-hetero) is 1. The van der Waals surface area contributed by atoms with Gasteiger partial charge in [0.15, 0.2) is 24.0 Å². The SMILES string of the molecule is COc1ccc(C(=O)OCC(=O)c2ccc(CCNC(C)=O)cc2)cc1F. The lowest BCUT2D eigenvalue weighted by molar-refractivity contribution is -0.118. The minimum atomic E-state index is -0.795. The first-order valence-corrected chi connectivity index (χ1v) is 8.28. The molecule has 0 spiro atoms. The number of nitrogens with one attached hydrogen (secondary N) is 1. The normalized spacial score (nSPS) is 10.2. The molecule has 2 rings (SSSR count). The highest BCUT2D eigenvalue weighted by atomic mass is 19.1. The smallest absolute Gasteiger partial charge is 0.338 e. The van der Waals surface area contributed by atoms with Crippen molar-refractivity contribution in [2.45, 2.75) is 13.3 Å². The van der Waals surface area contributed by atoms with E-state index in [4.69, 9.17) is 9.47 Å². The third kappa shape index (κ3) is 5.91. The zero-order chi connectivity index (χ0) is 19.8. The molecule has 0 heterocycles. The summed E-state index contributed by atoms with van der Waals surface area (Å²) in [7, 11) is 1.32. The molecule has 27 heavy (non-hydrogen) atoms. The molecule has 1 N–H and O–H groups in total. The number of carbonyl (C=O) groups excluding carboxylic acids is 3. The standard InChI is InChI=1S/C20H20FNO5/c1-13(23)22-10-9-14-3-5-15(6-4-14)18(24)12-27-20(25)16-7-8-19(26-2)17(21)11-16/h3-8,11H,9-10,12H2,1-2H3,(H,22,23). The average molecular weight is 373 g/mol. The number of ether oxygens (including phenoxy) is 2. The van der Waals surface area contributed by atoms with Crippen LogP contribution in [0.1, 0.15) is 33.2 Å². The number of hydrogen-bond donors (Lipinski definition) is 1. The maximum atomic E-state index is 13.6. The summed E-state index contributed by atoms with van der Waals surface area (Å²) in [4.78, 5) is 34.9. The first-order valence-electron chi connectivity index (χ1n) is 8.28. The topological polar surface area (TPSA) is 81.7 Å². The maximum absolute atomic E-state index is 13.6. The van der Waals surface area contributed by atoms with Crippen molar-refractivity contribution >= 4 is 17.7 Å². The van der Waals surface area contributed by atoms with Gasteiger partial charge in [-0.25, -0.2) is 9.18 Å². The molecule has 0 atom stereocenters. The summed E-state index contributed by atoms with van der Waals surface area (Å²) in [5, 5.41) is 2.69. The van der Waals surface area contributed by atoms with E-state index in [0.717, 1.165) is 11.6 Å². The molecule has 2 aromatic carbocycles. The first kappa shape index (κ1) is 20.1. The summed E-state index contributed by atoms with van der Waals surface area (Å²) in [6.07, 6.45) is 0.645. The number of halogens is 1. The van der Waals surface area contributed by atoms with Crippen molar-refractivity contribution in [3.63, 3.8) is 0 Å². The van der Waals surface area contributed by atoms with Crippen molar-refractivity contribution in [2.75, 3.05) is 20.3 Å². The second-order valence-corrected chi connectivity index (χ2v) is 5.78. The van der Waals surface area contributed by atoms with Crippen molar-refractivity contribution < 1.29 is 28.2 Å². The fraction of sp³-hybridized carbons (Fsp3) is 0.250. The van der Waals surface area contributed by atoms with Gasteiger partial charge in [-0.15, -0.1) is 0 Å². The van der Waals surface area contributed by atoms with Crippen LogP contribution in [0.4, 0.5) is 4.39 Å². The lowest BCUT2D eigenvalue weighted by atomic mass is 10.1. The summed E-state index contributed by atoms with van der Waals surface area (Å²) in [5.74, 6) is -1.93. The van der Waals surface area contributed by atoms with E-state index < -0.39 is 18.4 Å². The van der Waals surface area contributed by atoms with Gasteiger partial charge in [0.05, 0.1) is 12.7 Å². The molecule has 7 heteroatoms. The Balaban J connectivity index is 1.88. The minimum Gasteiger partial charge on any atom is -0.494 e. The highest BCUT2D eigenvalue weighted by Crippen LogP contribution is 2.18. The monoisotopic (exact) mass is 373 g/mol. The number of amides is 1. The molecule has 0 radical (unpaired) electrons. The molecule has 142 valence electrons. The van der Waals surface area contributed by atoms with Crippen LogP contribution in [0, 0.1) is 5.82 Å². The Kier molecular flexibility index (Phi) is 7.05. The molecule has 0 aliphatic heterocycles. The lowest BCUT2D eigenvalue weighted by Gasteiger charge is -2.07. The molecule has 0 unspecified atom stereocenters. The Hall–Kier alpha value is -3.22. The van der Waals surface area contributed by atoms with Crippen LogP contribution in [0.5, 0.6) is 5.75 Å². The molecule has 0 fully saturated rings. The maximum Gasteiger partial charge on any atom is 0.338 e. The Labute approximate surface area is 156 Å². The van der Waals surface area contributed by atoms with Crippen LogP contribution in [0.15, 0.2) is 42.5 Å². The minimum absolute atomic E-state index is 0.00517. The van der Waals surface area contributed by atoms with E-state index in [1.807, 2.05) is 0 Å². The van der Waals surface area contributed by atoms with Crippen molar-refractivity contribution in [3.05, 3.63) is 65.0 Å². The van der Waals surface area contributed by atoms with Crippen LogP contribution in [-0.2, 0) is 16.0 Å². The van der Waals surface area contributed by atoms with Crippen LogP contribution in [0.3, 0.4) is 0 Å². The van der Waals surface area contributed by atoms with E-state index >= 15 is 0 Å². The van der Waals surface area contributed by atoms with Crippen molar-refractivity contribution in [3.8, 4) is 5.75 Å². The van der Waals surface area contributed by atoms with E-state index in [1.54, 1.807) is 24.3 Å². The molecule has 0 bridgehead atoms. The Morgan fingerprint density at radius 2 is 1.70 bits per heavy atom. The second-order valence-electron chi connectivity index (χ2n) is 5.78. The van der Waals surface area contributed by atoms with Crippen LogP contribution in [0.25, 0.3) is 0 Å². The summed E-state index contributed by atoms with van der Waals surface area (Å²) >= 11 is 0. The van der Waals surface area contributed by atoms with Gasteiger partial charge in [-0.3, -0.25) is 9.59 Å². The average Bonchev–Trinajstić information content (AvgIpc) is 2.66. The van der Waals surface area contributed by atoms with Gasteiger partial charge in [0.2, 0.25) is 5.91 Å². The van der Waals surface area contributed by atoms with Gasteiger partial charge in [-0.2, -0.15) is 0 Å². The zero-order valence-corrected chi connectivity index (χ0v) is 15.1. The number of carbonyl (C=O) groups is 3. The molecular weight excluding hydrogens is 353 g/mol. The van der Waals surface area contributed by atoms with Gasteiger partial charge in [0.25, 0.3) is 0 Å². The van der Waals surface area contributed by atoms with Crippen LogP contribution in [0.2, 0.25) is 0 Å². The molecule has 0 aromatic heterocycles. The van der Waals surface area contributed by atoms with Gasteiger partial charge in [0, 0.05) is 19.0 Å². The second kappa shape index (κ2) is 9.47. The molecule has 1 amide bonds. The van der Waals surface area contributed by atoms with E-state index in [2.05, 4.69) is 5.32 Å². The van der Waals surface area contributed by atoms with Crippen LogP contribution in [-0.4, -0.2) is 37.9 Å². The number of benzene rings is 2. The molecule has 0 aliphatic carbocycles. The van der Waals surface area contributed by atoms with Crippen molar-refractivity contribution in [2.24, 2.45) is 0 Å². The molecule has 2 aromatic rings. The summed E-state index contributed by atoms with van der Waals surface area (Å²) in [6.45, 7) is 1.51. The van der Waals surface area contributed by atoms with Gasteiger partial charge in [-0.05, 0) is 30.2 Å². The van der Waals surface area contributed by atoms with E-state index in [0.29, 0.717) is 18.5 Å². The third-order valence-corrected chi connectivity index (χ3v) is 3.79. The van der Waals surface area contributed by atoms with Crippen molar-refractivity contribution in [1.29, 1.82) is 0 Å². The predicted octanol–water partition coefficient (Wildman–Crippen LogP) is 2.55. The number of ketones is 1. The Morgan fingerprint density at radius 3 is 2.30 bits per heavy atom. The molecule has 6 nitrogen and oxygen atoms in total. The van der Waals surface area contributed by atoms with Gasteiger partial charge < -0.3 is 14.8 Å². The van der Waals surface area contributed by atoms with Crippen LogP contribution >= 0.6 is 0 Å². The zero-order valence-electron chi connectivity index (χ0n) is 15.1. The molecular formula is C20H20FNO5. The number of methoxy groups -OCH3 is 1. The Morgan fingerprint density at radius 1 is 1.04 bits per heavy atom. The lowest BCUT2D eigenvalue weighted by Crippen LogP contribution is -2.22. The van der Waals surface area contributed by atoms with E-state index in [1.165, 1.54) is 26.2 Å². The number of esters is 1. The molecule has 0 saturated heterocycles. The fourth-order valence-electron chi connectivity index (χ4n) is 2.33. The number of rotatable bonds is 8. The van der Waals surface area contributed by atoms with E-state index in [9.17, 15) is 18.8 Å². The Bertz CT molecular complexity index is 833. The largest absolute Gasteiger partial charge is 0.494 e. The fourth-order valence-corrected chi connectivity index (χ4v) is 2.33. The van der Waals surface area contributed by atoms with Gasteiger partial charge in [-0.1, -0.05) is 24.3 Å². The van der Waals surface area contributed by atoms with Crippen molar-refractivity contribution in [1.82, 2.24) is 5.32 Å². The van der Waals surface area contributed by atoms with Gasteiger partial charge in [0.1, 0.15) is 0 Å². The highest BCUT2D eigenvalue weighted by molar-refractivity contribution is 5.99. The number of hydrogen-bond acceptors (Lipinski definition) is 5. The quantitative estimate of drug-likeness (QED) is 0.568. The highest BCUT2D eigenvalue weighted by Gasteiger charge is 2.14. The molecule has 0 aliphatic rings. The predicted molar refractivity (Wildman–Crippen MR) is 96.4 cm³/mol. The van der Waals surface area contributed by atoms with Crippen LogP contribution < -0.4 is 10.1 Å². The van der Waals surface area contributed by atoms with Gasteiger partial charge >= 0.3 is 5.97 Å². The molecule has 0 saturated carbocycles. The first-order chi connectivity index (χ1) is 12.9. The summed E-state index contributed by atoms with van der Waals surface area (Å²) in [5.41, 5.74) is 1.35.